The molecule has 15 heteroatoms. The molecule has 0 spiro atoms. The van der Waals surface area contributed by atoms with E-state index in [0.29, 0.717) is 0 Å². The third-order valence-corrected chi connectivity index (χ3v) is 20.5. The lowest BCUT2D eigenvalue weighted by atomic mass is 10.1. The van der Waals surface area contributed by atoms with E-state index in [-0.39, 0.29) is 6.04 Å². The second-order valence-corrected chi connectivity index (χ2v) is 18.5. The van der Waals surface area contributed by atoms with Gasteiger partial charge < -0.3 is 32.0 Å². The third kappa shape index (κ3) is 6.83. The first kappa shape index (κ1) is 21.7. The molecule has 1 aliphatic rings. The number of nitrogens with two attached hydrogens (primary N) is 5. The van der Waals surface area contributed by atoms with Gasteiger partial charge in [-0.15, -0.1) is 0 Å². The van der Waals surface area contributed by atoms with Gasteiger partial charge in [0.05, 0.1) is 0 Å². The number of hydrogen-bond donors (Lipinski definition) is 5. The summed E-state index contributed by atoms with van der Waals surface area (Å²) < 4.78 is 30.0. The molecule has 1 heterocycles. The van der Waals surface area contributed by atoms with E-state index >= 15 is 0 Å². The molecule has 1 rings (SSSR count). The van der Waals surface area contributed by atoms with E-state index in [1.807, 2.05) is 32.7 Å². The Bertz CT molecular complexity index is 384. The van der Waals surface area contributed by atoms with Crippen LogP contribution in [0.25, 0.3) is 0 Å². The Balaban J connectivity index is 2.99. The largest absolute Gasteiger partial charge is 0.420 e. The molecule has 0 saturated carbocycles. The second kappa shape index (κ2) is 7.93. The van der Waals surface area contributed by atoms with Crippen molar-refractivity contribution < 1.29 is 20.6 Å². The highest BCUT2D eigenvalue weighted by atomic mass is 28.5. The Morgan fingerprint density at radius 2 is 1.09 bits per heavy atom. The van der Waals surface area contributed by atoms with E-state index < -0.39 is 57.1 Å². The highest BCUT2D eigenvalue weighted by molar-refractivity contribution is 6.80. The molecule has 10 N–H and O–H groups in total. The molecule has 4 unspecified atom stereocenters. The Labute approximate surface area is 145 Å². The summed E-state index contributed by atoms with van der Waals surface area (Å²) in [6.07, 6.45) is 0. The van der Waals surface area contributed by atoms with E-state index in [1.54, 1.807) is 0 Å². The smallest absolute Gasteiger partial charge is 0.320 e. The van der Waals surface area contributed by atoms with Crippen molar-refractivity contribution in [2.24, 2.45) is 28.7 Å². The Kier molecular flexibility index (Phi) is 7.49. The topological polar surface area (TPSA) is 176 Å². The van der Waals surface area contributed by atoms with Crippen LogP contribution >= 0.6 is 0 Å². The predicted octanol–water partition coefficient (Wildman–Crippen LogP) is -3.30. The van der Waals surface area contributed by atoms with Gasteiger partial charge in [-0.2, -0.15) is 0 Å². The van der Waals surface area contributed by atoms with Crippen LogP contribution in [0, 0.1) is 0 Å². The summed E-state index contributed by atoms with van der Waals surface area (Å²) in [6.45, 7) is 9.66. The Hall–Kier alpha value is 0.684. The van der Waals surface area contributed by atoms with Crippen LogP contribution in [0.3, 0.4) is 0 Å². The van der Waals surface area contributed by atoms with Gasteiger partial charge in [-0.25, -0.2) is 0 Å². The van der Waals surface area contributed by atoms with Gasteiger partial charge in [0, 0.05) is 6.04 Å². The lowest BCUT2D eigenvalue weighted by Gasteiger charge is -2.43. The van der Waals surface area contributed by atoms with Crippen molar-refractivity contribution in [3.05, 3.63) is 0 Å². The summed E-state index contributed by atoms with van der Waals surface area (Å²) in [5.74, 6) is -1.75. The first-order valence-corrected chi connectivity index (χ1v) is 18.4. The Morgan fingerprint density at radius 1 is 0.739 bits per heavy atom. The van der Waals surface area contributed by atoms with Gasteiger partial charge >= 0.3 is 8.56 Å². The minimum atomic E-state index is -2.83. The van der Waals surface area contributed by atoms with Gasteiger partial charge in [-0.05, 0) is 32.7 Å². The first-order chi connectivity index (χ1) is 10.2. The predicted molar refractivity (Wildman–Crippen MR) is 100 cm³/mol. The van der Waals surface area contributed by atoms with Crippen LogP contribution in [0.1, 0.15) is 0 Å². The zero-order valence-electron chi connectivity index (χ0n) is 14.4. The highest BCUT2D eigenvalue weighted by Gasteiger charge is 2.48. The van der Waals surface area contributed by atoms with Crippen molar-refractivity contribution in [1.82, 2.24) is 0 Å². The zero-order chi connectivity index (χ0) is 18.1. The summed E-state index contributed by atoms with van der Waals surface area (Å²) >= 11 is 0. The van der Waals surface area contributed by atoms with E-state index in [0.717, 1.165) is 0 Å². The molecule has 10 nitrogen and oxygen atoms in total. The second-order valence-electron chi connectivity index (χ2n) is 6.20. The summed E-state index contributed by atoms with van der Waals surface area (Å²) in [6, 6.07) is 0.137. The van der Waals surface area contributed by atoms with Crippen LogP contribution < -0.4 is 28.7 Å². The lowest BCUT2D eigenvalue weighted by Crippen LogP contribution is -2.82. The van der Waals surface area contributed by atoms with Crippen LogP contribution in [0.4, 0.5) is 0 Å². The van der Waals surface area contributed by atoms with Crippen LogP contribution in [0.2, 0.25) is 38.8 Å². The molecular formula is C8H31N5O5Si5. The van der Waals surface area contributed by atoms with Crippen LogP contribution in [-0.2, 0) is 20.6 Å². The van der Waals surface area contributed by atoms with Gasteiger partial charge in [0.25, 0.3) is 37.1 Å². The standard InChI is InChI=1S/C8H31N5O5Si5/c1-19-14-20(2)16-22(4)18-23(5,17-21(3)15-19)6-7(9,10)8(11,12)13/h19-22H,6,9-13H2,1-5H3. The maximum Gasteiger partial charge on any atom is 0.320 e. The van der Waals surface area contributed by atoms with Crippen molar-refractivity contribution in [3.8, 4) is 0 Å². The van der Waals surface area contributed by atoms with Crippen LogP contribution in [0.15, 0.2) is 0 Å². The molecule has 0 aromatic carbocycles. The molecule has 23 heavy (non-hydrogen) atoms. The van der Waals surface area contributed by atoms with Gasteiger partial charge in [0.2, 0.25) is 0 Å². The van der Waals surface area contributed by atoms with E-state index in [4.69, 9.17) is 49.2 Å². The average Bonchev–Trinajstić information content (AvgIpc) is 2.21. The molecule has 1 aliphatic heterocycles. The molecule has 0 aliphatic carbocycles. The molecule has 0 radical (unpaired) electrons. The molecule has 0 aromatic rings. The van der Waals surface area contributed by atoms with Crippen LogP contribution in [-0.4, -0.2) is 57.1 Å². The molecule has 4 atom stereocenters. The summed E-state index contributed by atoms with van der Waals surface area (Å²) in [5.41, 5.74) is 27.6. The fraction of sp³-hybridized carbons (Fsp3) is 1.00. The monoisotopic (exact) mass is 417 g/mol. The zero-order valence-corrected chi connectivity index (χ0v) is 20.1. The summed E-state index contributed by atoms with van der Waals surface area (Å²) in [4.78, 5) is 0. The van der Waals surface area contributed by atoms with Gasteiger partial charge in [-0.3, -0.25) is 17.2 Å². The Morgan fingerprint density at radius 3 is 1.43 bits per heavy atom. The van der Waals surface area contributed by atoms with Crippen molar-refractivity contribution >= 4 is 45.7 Å². The van der Waals surface area contributed by atoms with Gasteiger partial charge in [0.1, 0.15) is 11.4 Å². The minimum Gasteiger partial charge on any atom is -0.420 e. The highest BCUT2D eigenvalue weighted by Crippen LogP contribution is 2.24. The van der Waals surface area contributed by atoms with Crippen molar-refractivity contribution in [2.45, 2.75) is 50.2 Å². The first-order valence-electron chi connectivity index (χ1n) is 7.50. The van der Waals surface area contributed by atoms with E-state index in [1.165, 1.54) is 0 Å². The molecule has 138 valence electrons. The summed E-state index contributed by atoms with van der Waals surface area (Å²) in [5, 5.41) is 0. The number of hydrogen-bond acceptors (Lipinski definition) is 10. The van der Waals surface area contributed by atoms with Gasteiger partial charge in [0.15, 0.2) is 0 Å². The third-order valence-electron chi connectivity index (χ3n) is 3.40. The van der Waals surface area contributed by atoms with E-state index in [2.05, 4.69) is 0 Å². The van der Waals surface area contributed by atoms with Crippen LogP contribution in [0.5, 0.6) is 0 Å². The maximum absolute atomic E-state index is 6.15. The average molecular weight is 418 g/mol. The number of rotatable bonds is 3. The maximum atomic E-state index is 6.15. The minimum absolute atomic E-state index is 0.137. The fourth-order valence-corrected chi connectivity index (χ4v) is 20.4. The SMILES string of the molecule is C[SiH]1O[SiH](C)O[SiH](C)O[Si](C)(CC(N)(N)C(N)(N)N)O[SiH](C)O1. The normalized spacial score (nSPS) is 38.3. The molecule has 1 fully saturated rings. The van der Waals surface area contributed by atoms with E-state index in [9.17, 15) is 0 Å². The lowest BCUT2D eigenvalue weighted by molar-refractivity contribution is 0.225. The molecule has 0 amide bonds. The van der Waals surface area contributed by atoms with Crippen molar-refractivity contribution in [3.63, 3.8) is 0 Å². The van der Waals surface area contributed by atoms with Crippen molar-refractivity contribution in [2.75, 3.05) is 0 Å². The van der Waals surface area contributed by atoms with Gasteiger partial charge in [-0.1, -0.05) is 0 Å². The fourth-order valence-electron chi connectivity index (χ4n) is 2.43. The quantitative estimate of drug-likeness (QED) is 0.231. The molecule has 0 bridgehead atoms. The molecular weight excluding hydrogens is 387 g/mol. The summed E-state index contributed by atoms with van der Waals surface area (Å²) in [7, 11) is -10.3. The van der Waals surface area contributed by atoms with Crippen molar-refractivity contribution in [1.29, 1.82) is 0 Å². The molecule has 1 saturated heterocycles. The molecule has 0 aromatic heterocycles.